The number of anilines is 2. The number of rotatable bonds is 4. The monoisotopic (exact) mass is 309 g/mol. The van der Waals surface area contributed by atoms with E-state index in [1.807, 2.05) is 24.3 Å². The lowest BCUT2D eigenvalue weighted by molar-refractivity contribution is -0.139. The number of para-hydroxylation sites is 2. The molecule has 2 aromatic carbocycles. The predicted molar refractivity (Wildman–Crippen MR) is 81.9 cm³/mol. The zero-order chi connectivity index (χ0) is 14.5. The number of ether oxygens (including phenoxy) is 1. The third-order valence-corrected chi connectivity index (χ3v) is 3.43. The lowest BCUT2D eigenvalue weighted by Gasteiger charge is -2.13. The van der Waals surface area contributed by atoms with Crippen LogP contribution in [-0.4, -0.2) is 13.1 Å². The number of nitrogens with one attached hydrogen (secondary N) is 1. The van der Waals surface area contributed by atoms with Crippen LogP contribution < -0.4 is 5.32 Å². The quantitative estimate of drug-likeness (QED) is 0.848. The van der Waals surface area contributed by atoms with Crippen LogP contribution in [0.5, 0.6) is 0 Å². The molecule has 0 spiro atoms. The smallest absolute Gasteiger partial charge is 0.310 e. The van der Waals surface area contributed by atoms with Crippen LogP contribution in [0, 0.1) is 0 Å². The molecule has 0 aliphatic heterocycles. The Kier molecular flexibility index (Phi) is 4.88. The molecule has 0 radical (unpaired) electrons. The second-order valence-corrected chi connectivity index (χ2v) is 4.95. The van der Waals surface area contributed by atoms with Crippen LogP contribution in [0.1, 0.15) is 5.56 Å². The van der Waals surface area contributed by atoms with Crippen molar-refractivity contribution >= 4 is 40.5 Å². The van der Waals surface area contributed by atoms with Gasteiger partial charge in [0.2, 0.25) is 0 Å². The van der Waals surface area contributed by atoms with E-state index in [2.05, 4.69) is 10.1 Å². The number of hydrogen-bond acceptors (Lipinski definition) is 3. The molecule has 1 N–H and O–H groups in total. The molecule has 0 amide bonds. The predicted octanol–water partition coefficient (Wildman–Crippen LogP) is 4.45. The lowest BCUT2D eigenvalue weighted by atomic mass is 10.1. The maximum Gasteiger partial charge on any atom is 0.310 e. The van der Waals surface area contributed by atoms with Crippen LogP contribution in [0.15, 0.2) is 42.5 Å². The minimum Gasteiger partial charge on any atom is -0.469 e. The standard InChI is InChI=1S/C15H13Cl2NO2/c1-20-14(19)9-10-5-2-3-8-13(10)18-15-11(16)6-4-7-12(15)17/h2-8,18H,9H2,1H3. The summed E-state index contributed by atoms with van der Waals surface area (Å²) in [7, 11) is 1.36. The van der Waals surface area contributed by atoms with Gasteiger partial charge < -0.3 is 10.1 Å². The molecule has 2 rings (SSSR count). The third-order valence-electron chi connectivity index (χ3n) is 2.80. The molecule has 0 heterocycles. The number of benzene rings is 2. The van der Waals surface area contributed by atoms with Gasteiger partial charge in [-0.3, -0.25) is 4.79 Å². The summed E-state index contributed by atoms with van der Waals surface area (Å²) in [6.07, 6.45) is 0.182. The van der Waals surface area contributed by atoms with Crippen molar-refractivity contribution in [3.05, 3.63) is 58.1 Å². The molecule has 0 atom stereocenters. The van der Waals surface area contributed by atoms with Crippen molar-refractivity contribution in [1.29, 1.82) is 0 Å². The summed E-state index contributed by atoms with van der Waals surface area (Å²) in [4.78, 5) is 11.4. The summed E-state index contributed by atoms with van der Waals surface area (Å²) >= 11 is 12.3. The molecule has 3 nitrogen and oxygen atoms in total. The molecule has 0 fully saturated rings. The molecule has 20 heavy (non-hydrogen) atoms. The van der Waals surface area contributed by atoms with E-state index in [0.29, 0.717) is 15.7 Å². The molecule has 0 saturated carbocycles. The van der Waals surface area contributed by atoms with Gasteiger partial charge in [-0.15, -0.1) is 0 Å². The van der Waals surface area contributed by atoms with Crippen LogP contribution in [-0.2, 0) is 16.0 Å². The zero-order valence-corrected chi connectivity index (χ0v) is 12.3. The number of hydrogen-bond donors (Lipinski definition) is 1. The van der Waals surface area contributed by atoms with Crippen molar-refractivity contribution in [2.75, 3.05) is 12.4 Å². The molecular formula is C15H13Cl2NO2. The summed E-state index contributed by atoms with van der Waals surface area (Å²) in [6.45, 7) is 0. The molecular weight excluding hydrogens is 297 g/mol. The van der Waals surface area contributed by atoms with Crippen molar-refractivity contribution in [3.63, 3.8) is 0 Å². The Balaban J connectivity index is 2.32. The van der Waals surface area contributed by atoms with E-state index < -0.39 is 0 Å². The van der Waals surface area contributed by atoms with E-state index in [9.17, 15) is 4.79 Å². The topological polar surface area (TPSA) is 38.3 Å². The zero-order valence-electron chi connectivity index (χ0n) is 10.8. The number of esters is 1. The van der Waals surface area contributed by atoms with Gasteiger partial charge >= 0.3 is 5.97 Å². The molecule has 0 bridgehead atoms. The first kappa shape index (κ1) is 14.7. The minimum absolute atomic E-state index is 0.182. The number of methoxy groups -OCH3 is 1. The van der Waals surface area contributed by atoms with Gasteiger partial charge in [-0.05, 0) is 23.8 Å². The number of carbonyl (C=O) groups excluding carboxylic acids is 1. The fourth-order valence-electron chi connectivity index (χ4n) is 1.78. The van der Waals surface area contributed by atoms with E-state index in [1.165, 1.54) is 7.11 Å². The highest BCUT2D eigenvalue weighted by atomic mass is 35.5. The summed E-state index contributed by atoms with van der Waals surface area (Å²) < 4.78 is 4.69. The van der Waals surface area contributed by atoms with E-state index in [-0.39, 0.29) is 12.4 Å². The third kappa shape index (κ3) is 3.44. The first-order chi connectivity index (χ1) is 9.61. The number of halogens is 2. The van der Waals surface area contributed by atoms with Crippen molar-refractivity contribution < 1.29 is 9.53 Å². The molecule has 0 aliphatic carbocycles. The van der Waals surface area contributed by atoms with Crippen molar-refractivity contribution in [3.8, 4) is 0 Å². The fourth-order valence-corrected chi connectivity index (χ4v) is 2.27. The average Bonchev–Trinajstić information content (AvgIpc) is 2.44. The van der Waals surface area contributed by atoms with Gasteiger partial charge in [0.15, 0.2) is 0 Å². The second-order valence-electron chi connectivity index (χ2n) is 4.13. The van der Waals surface area contributed by atoms with Gasteiger partial charge in [-0.25, -0.2) is 0 Å². The van der Waals surface area contributed by atoms with Gasteiger partial charge in [0.25, 0.3) is 0 Å². The minimum atomic E-state index is -0.301. The van der Waals surface area contributed by atoms with Gasteiger partial charge in [-0.2, -0.15) is 0 Å². The maximum absolute atomic E-state index is 11.4. The van der Waals surface area contributed by atoms with E-state index >= 15 is 0 Å². The van der Waals surface area contributed by atoms with Crippen LogP contribution >= 0.6 is 23.2 Å². The van der Waals surface area contributed by atoms with Crippen LogP contribution in [0.4, 0.5) is 11.4 Å². The normalized spacial score (nSPS) is 10.2. The maximum atomic E-state index is 11.4. The first-order valence-electron chi connectivity index (χ1n) is 5.97. The van der Waals surface area contributed by atoms with Gasteiger partial charge in [-0.1, -0.05) is 47.5 Å². The van der Waals surface area contributed by atoms with Gasteiger partial charge in [0.05, 0.1) is 29.3 Å². The van der Waals surface area contributed by atoms with Crippen LogP contribution in [0.2, 0.25) is 10.0 Å². The van der Waals surface area contributed by atoms with E-state index in [0.717, 1.165) is 11.3 Å². The second kappa shape index (κ2) is 6.64. The lowest BCUT2D eigenvalue weighted by Crippen LogP contribution is -2.06. The van der Waals surface area contributed by atoms with Crippen LogP contribution in [0.3, 0.4) is 0 Å². The molecule has 0 aromatic heterocycles. The first-order valence-corrected chi connectivity index (χ1v) is 6.73. The van der Waals surface area contributed by atoms with Crippen LogP contribution in [0.25, 0.3) is 0 Å². The molecule has 5 heteroatoms. The SMILES string of the molecule is COC(=O)Cc1ccccc1Nc1c(Cl)cccc1Cl. The summed E-state index contributed by atoms with van der Waals surface area (Å²) in [5, 5.41) is 4.20. The van der Waals surface area contributed by atoms with Gasteiger partial charge in [0, 0.05) is 5.69 Å². The molecule has 0 aliphatic rings. The Bertz CT molecular complexity index is 609. The highest BCUT2D eigenvalue weighted by molar-refractivity contribution is 6.39. The highest BCUT2D eigenvalue weighted by Crippen LogP contribution is 2.33. The Morgan fingerprint density at radius 3 is 2.40 bits per heavy atom. The fraction of sp³-hybridized carbons (Fsp3) is 0.133. The summed E-state index contributed by atoms with van der Waals surface area (Å²) in [5.41, 5.74) is 2.20. The summed E-state index contributed by atoms with van der Waals surface area (Å²) in [6, 6.07) is 12.7. The van der Waals surface area contributed by atoms with Gasteiger partial charge in [0.1, 0.15) is 0 Å². The number of carbonyl (C=O) groups is 1. The van der Waals surface area contributed by atoms with Crippen molar-refractivity contribution in [1.82, 2.24) is 0 Å². The molecule has 2 aromatic rings. The molecule has 0 saturated heterocycles. The molecule has 0 unspecified atom stereocenters. The van der Waals surface area contributed by atoms with Crippen molar-refractivity contribution in [2.24, 2.45) is 0 Å². The Hall–Kier alpha value is -1.71. The Morgan fingerprint density at radius 1 is 1.10 bits per heavy atom. The Morgan fingerprint density at radius 2 is 1.75 bits per heavy atom. The van der Waals surface area contributed by atoms with Crippen molar-refractivity contribution in [2.45, 2.75) is 6.42 Å². The average molecular weight is 310 g/mol. The summed E-state index contributed by atoms with van der Waals surface area (Å²) in [5.74, 6) is -0.301. The van der Waals surface area contributed by atoms with E-state index in [4.69, 9.17) is 23.2 Å². The highest BCUT2D eigenvalue weighted by Gasteiger charge is 2.11. The Labute approximate surface area is 127 Å². The molecule has 104 valence electrons. The largest absolute Gasteiger partial charge is 0.469 e. The van der Waals surface area contributed by atoms with E-state index in [1.54, 1.807) is 18.2 Å².